The molecular formula is C20H16BrCl2N3O. The van der Waals surface area contributed by atoms with Gasteiger partial charge < -0.3 is 4.57 Å². The van der Waals surface area contributed by atoms with E-state index >= 15 is 0 Å². The van der Waals surface area contributed by atoms with E-state index in [1.165, 1.54) is 0 Å². The molecule has 7 heteroatoms. The molecule has 2 aromatic carbocycles. The fourth-order valence-corrected chi connectivity index (χ4v) is 3.78. The molecule has 0 aliphatic rings. The molecule has 0 saturated heterocycles. The lowest BCUT2D eigenvalue weighted by Crippen LogP contribution is -2.18. The van der Waals surface area contributed by atoms with E-state index in [-0.39, 0.29) is 5.91 Å². The maximum atomic E-state index is 12.2. The highest BCUT2D eigenvalue weighted by atomic mass is 79.9. The van der Waals surface area contributed by atoms with Crippen molar-refractivity contribution >= 4 is 51.3 Å². The van der Waals surface area contributed by atoms with Crippen molar-refractivity contribution in [1.82, 2.24) is 9.99 Å². The second-order valence-electron chi connectivity index (χ2n) is 5.94. The molecule has 0 fully saturated rings. The van der Waals surface area contributed by atoms with Crippen molar-refractivity contribution in [2.75, 3.05) is 0 Å². The number of hydrogen-bond acceptors (Lipinski definition) is 2. The van der Waals surface area contributed by atoms with Crippen molar-refractivity contribution in [2.24, 2.45) is 5.10 Å². The first kappa shape index (κ1) is 19.7. The highest BCUT2D eigenvalue weighted by Crippen LogP contribution is 2.28. The number of amides is 1. The number of aryl methyl sites for hydroxylation is 1. The summed E-state index contributed by atoms with van der Waals surface area (Å²) < 4.78 is 2.74. The van der Waals surface area contributed by atoms with Gasteiger partial charge in [-0.3, -0.25) is 4.79 Å². The van der Waals surface area contributed by atoms with Crippen LogP contribution in [0.1, 0.15) is 27.3 Å². The third-order valence-electron chi connectivity index (χ3n) is 4.11. The van der Waals surface area contributed by atoms with Crippen LogP contribution in [0.2, 0.25) is 10.0 Å². The maximum Gasteiger partial charge on any atom is 0.272 e. The van der Waals surface area contributed by atoms with Crippen molar-refractivity contribution < 1.29 is 4.79 Å². The fraction of sp³-hybridized carbons (Fsp3) is 0.100. The smallest absolute Gasteiger partial charge is 0.272 e. The molecule has 3 aromatic rings. The lowest BCUT2D eigenvalue weighted by molar-refractivity contribution is 0.0954. The molecule has 1 N–H and O–H groups in total. The molecule has 1 amide bonds. The molecular weight excluding hydrogens is 449 g/mol. The summed E-state index contributed by atoms with van der Waals surface area (Å²) >= 11 is 15.7. The number of nitrogens with one attached hydrogen (secondary N) is 1. The predicted molar refractivity (Wildman–Crippen MR) is 114 cm³/mol. The Bertz CT molecular complexity index is 1040. The quantitative estimate of drug-likeness (QED) is 0.377. The third kappa shape index (κ3) is 4.26. The molecule has 0 aliphatic heterocycles. The number of hydrazone groups is 1. The zero-order valence-corrected chi connectivity index (χ0v) is 17.7. The van der Waals surface area contributed by atoms with Crippen molar-refractivity contribution in [1.29, 1.82) is 0 Å². The molecule has 27 heavy (non-hydrogen) atoms. The Morgan fingerprint density at radius 2 is 1.89 bits per heavy atom. The van der Waals surface area contributed by atoms with Gasteiger partial charge in [-0.2, -0.15) is 5.10 Å². The number of hydrogen-bond donors (Lipinski definition) is 1. The summed E-state index contributed by atoms with van der Waals surface area (Å²) in [4.78, 5) is 12.2. The average molecular weight is 465 g/mol. The normalized spacial score (nSPS) is 11.1. The van der Waals surface area contributed by atoms with Crippen molar-refractivity contribution in [3.8, 4) is 5.69 Å². The van der Waals surface area contributed by atoms with Crippen LogP contribution in [0.4, 0.5) is 0 Å². The van der Waals surface area contributed by atoms with Crippen LogP contribution in [0.15, 0.2) is 58.1 Å². The summed E-state index contributed by atoms with van der Waals surface area (Å²) in [5.74, 6) is -0.284. The van der Waals surface area contributed by atoms with Crippen molar-refractivity contribution in [3.05, 3.63) is 85.6 Å². The van der Waals surface area contributed by atoms with Crippen LogP contribution in [-0.2, 0) is 0 Å². The lowest BCUT2D eigenvalue weighted by atomic mass is 10.2. The van der Waals surface area contributed by atoms with Gasteiger partial charge in [0.1, 0.15) is 0 Å². The Morgan fingerprint density at radius 3 is 2.59 bits per heavy atom. The van der Waals surface area contributed by atoms with Crippen LogP contribution < -0.4 is 5.43 Å². The largest absolute Gasteiger partial charge is 0.316 e. The predicted octanol–water partition coefficient (Wildman–Crippen LogP) is 5.93. The number of aromatic nitrogens is 1. The van der Waals surface area contributed by atoms with E-state index in [0.717, 1.165) is 22.6 Å². The van der Waals surface area contributed by atoms with E-state index in [2.05, 4.69) is 26.5 Å². The van der Waals surface area contributed by atoms with Crippen LogP contribution in [0.5, 0.6) is 0 Å². The van der Waals surface area contributed by atoms with Crippen LogP contribution in [0.3, 0.4) is 0 Å². The number of carbonyl (C=O) groups excluding carboxylic acids is 1. The number of benzene rings is 2. The molecule has 3 rings (SSSR count). The molecule has 0 bridgehead atoms. The Balaban J connectivity index is 1.83. The van der Waals surface area contributed by atoms with E-state index in [1.807, 2.05) is 42.7 Å². The summed E-state index contributed by atoms with van der Waals surface area (Å²) in [6.07, 6.45) is 1.62. The Labute approximate surface area is 175 Å². The minimum Gasteiger partial charge on any atom is -0.316 e. The van der Waals surface area contributed by atoms with Gasteiger partial charge in [0, 0.05) is 26.4 Å². The van der Waals surface area contributed by atoms with E-state index in [1.54, 1.807) is 30.5 Å². The minimum absolute atomic E-state index is 0.284. The molecule has 4 nitrogen and oxygen atoms in total. The highest BCUT2D eigenvalue weighted by Gasteiger charge is 2.13. The van der Waals surface area contributed by atoms with Gasteiger partial charge in [-0.15, -0.1) is 0 Å². The van der Waals surface area contributed by atoms with E-state index in [9.17, 15) is 4.79 Å². The zero-order chi connectivity index (χ0) is 19.6. The third-order valence-corrected chi connectivity index (χ3v) is 5.34. The maximum absolute atomic E-state index is 12.2. The Hall–Kier alpha value is -2.08. The van der Waals surface area contributed by atoms with Gasteiger partial charge in [0.2, 0.25) is 0 Å². The van der Waals surface area contributed by atoms with Gasteiger partial charge in [-0.05, 0) is 66.2 Å². The molecule has 0 aliphatic carbocycles. The Kier molecular flexibility index (Phi) is 6.05. The van der Waals surface area contributed by atoms with Crippen LogP contribution >= 0.6 is 39.1 Å². The van der Waals surface area contributed by atoms with Crippen molar-refractivity contribution in [2.45, 2.75) is 13.8 Å². The van der Waals surface area contributed by atoms with Crippen LogP contribution in [-0.4, -0.2) is 16.7 Å². The first-order valence-corrected chi connectivity index (χ1v) is 9.65. The topological polar surface area (TPSA) is 46.4 Å². The molecule has 1 heterocycles. The minimum atomic E-state index is -0.284. The summed E-state index contributed by atoms with van der Waals surface area (Å²) in [6, 6.07) is 14.5. The van der Waals surface area contributed by atoms with Gasteiger partial charge >= 0.3 is 0 Å². The molecule has 0 spiro atoms. The lowest BCUT2D eigenvalue weighted by Gasteiger charge is -2.11. The first-order chi connectivity index (χ1) is 12.9. The summed E-state index contributed by atoms with van der Waals surface area (Å²) in [5, 5.41) is 5.24. The number of rotatable bonds is 4. The van der Waals surface area contributed by atoms with E-state index < -0.39 is 0 Å². The van der Waals surface area contributed by atoms with Gasteiger partial charge in [-0.1, -0.05) is 35.3 Å². The average Bonchev–Trinajstić information content (AvgIpc) is 2.89. The van der Waals surface area contributed by atoms with Crippen LogP contribution in [0.25, 0.3) is 5.69 Å². The van der Waals surface area contributed by atoms with Gasteiger partial charge in [0.15, 0.2) is 0 Å². The summed E-state index contributed by atoms with van der Waals surface area (Å²) in [5.41, 5.74) is 6.74. The van der Waals surface area contributed by atoms with E-state index in [0.29, 0.717) is 20.1 Å². The number of halogens is 3. The van der Waals surface area contributed by atoms with Gasteiger partial charge in [0.25, 0.3) is 5.91 Å². The second-order valence-corrected chi connectivity index (χ2v) is 7.63. The standard InChI is InChI=1S/C20H16BrCl2N3O/c1-12-9-14(11-24-25-20(27)16-5-3-4-6-17(16)21)13(2)26(12)19-8-7-15(22)10-18(19)23/h3-11H,1-2H3,(H,25,27)/b24-11-. The first-order valence-electron chi connectivity index (χ1n) is 8.11. The molecule has 0 unspecified atom stereocenters. The number of nitrogens with zero attached hydrogens (tertiary/aromatic N) is 2. The monoisotopic (exact) mass is 463 g/mol. The summed E-state index contributed by atoms with van der Waals surface area (Å²) in [6.45, 7) is 3.95. The van der Waals surface area contributed by atoms with Crippen LogP contribution in [0, 0.1) is 13.8 Å². The second kappa shape index (κ2) is 8.30. The molecule has 0 saturated carbocycles. The Morgan fingerprint density at radius 1 is 1.15 bits per heavy atom. The highest BCUT2D eigenvalue weighted by molar-refractivity contribution is 9.10. The molecule has 0 atom stereocenters. The number of carbonyl (C=O) groups is 1. The summed E-state index contributed by atoms with van der Waals surface area (Å²) in [7, 11) is 0. The zero-order valence-electron chi connectivity index (χ0n) is 14.6. The molecule has 138 valence electrons. The van der Waals surface area contributed by atoms with E-state index in [4.69, 9.17) is 23.2 Å². The molecule has 1 aromatic heterocycles. The van der Waals surface area contributed by atoms with Crippen molar-refractivity contribution in [3.63, 3.8) is 0 Å². The van der Waals surface area contributed by atoms with Gasteiger partial charge in [0.05, 0.1) is 22.5 Å². The fourth-order valence-electron chi connectivity index (χ4n) is 2.82. The molecule has 0 radical (unpaired) electrons. The SMILES string of the molecule is Cc1cc(/C=N\NC(=O)c2ccccc2Br)c(C)n1-c1ccc(Cl)cc1Cl. The van der Waals surface area contributed by atoms with Gasteiger partial charge in [-0.25, -0.2) is 5.43 Å².